The average molecular weight is 225 g/mol. The molecule has 5 heteroatoms. The first-order valence-corrected chi connectivity index (χ1v) is 5.58. The zero-order valence-corrected chi connectivity index (χ0v) is 9.66. The summed E-state index contributed by atoms with van der Waals surface area (Å²) in [5.74, 6) is -0.0310. The summed E-state index contributed by atoms with van der Waals surface area (Å²) in [6.07, 6.45) is 2.63. The van der Waals surface area contributed by atoms with Crippen LogP contribution < -0.4 is 10.6 Å². The lowest BCUT2D eigenvalue weighted by molar-refractivity contribution is -0.134. The minimum atomic E-state index is -0.302. The Morgan fingerprint density at radius 3 is 2.94 bits per heavy atom. The molecule has 2 N–H and O–H groups in total. The summed E-state index contributed by atoms with van der Waals surface area (Å²) in [5, 5.41) is 5.61. The number of piperazine rings is 1. The van der Waals surface area contributed by atoms with Gasteiger partial charge in [-0.25, -0.2) is 0 Å². The number of carbonyl (C=O) groups is 2. The van der Waals surface area contributed by atoms with Crippen LogP contribution in [-0.4, -0.2) is 48.9 Å². The highest BCUT2D eigenvalue weighted by atomic mass is 16.2. The minimum Gasteiger partial charge on any atom is -0.353 e. The maximum atomic E-state index is 12.0. The first-order chi connectivity index (χ1) is 7.69. The Bertz CT molecular complexity index is 268. The number of hydrogen-bond acceptors (Lipinski definition) is 3. The Morgan fingerprint density at radius 1 is 1.69 bits per heavy atom. The molecule has 0 aromatic heterocycles. The summed E-state index contributed by atoms with van der Waals surface area (Å²) < 4.78 is 0. The van der Waals surface area contributed by atoms with Gasteiger partial charge in [0, 0.05) is 19.6 Å². The number of hydrogen-bond donors (Lipinski definition) is 2. The van der Waals surface area contributed by atoms with Crippen LogP contribution in [0.25, 0.3) is 0 Å². The van der Waals surface area contributed by atoms with E-state index in [9.17, 15) is 9.59 Å². The number of carbonyl (C=O) groups excluding carboxylic acids is 2. The van der Waals surface area contributed by atoms with Gasteiger partial charge in [0.2, 0.25) is 11.8 Å². The van der Waals surface area contributed by atoms with E-state index in [-0.39, 0.29) is 24.4 Å². The molecule has 0 radical (unpaired) electrons. The maximum absolute atomic E-state index is 12.0. The molecule has 2 amide bonds. The molecule has 1 saturated heterocycles. The van der Waals surface area contributed by atoms with Crippen molar-refractivity contribution in [2.45, 2.75) is 19.4 Å². The minimum absolute atomic E-state index is 0.0294. The van der Waals surface area contributed by atoms with Gasteiger partial charge in [-0.05, 0) is 6.42 Å². The van der Waals surface area contributed by atoms with Gasteiger partial charge in [-0.15, -0.1) is 6.58 Å². The standard InChI is InChI=1S/C11H19N3O2/c1-3-5-14(6-4-2)11(16)9-7-13-10(15)8-12-9/h3,9,12H,1,4-8H2,2H3,(H,13,15). The summed E-state index contributed by atoms with van der Waals surface area (Å²) in [6.45, 7) is 7.52. The number of nitrogens with one attached hydrogen (secondary N) is 2. The predicted octanol–water partition coefficient (Wildman–Crippen LogP) is -0.501. The van der Waals surface area contributed by atoms with Crippen molar-refractivity contribution in [1.82, 2.24) is 15.5 Å². The molecule has 1 fully saturated rings. The van der Waals surface area contributed by atoms with Gasteiger partial charge in [-0.2, -0.15) is 0 Å². The summed E-state index contributed by atoms with van der Waals surface area (Å²) in [7, 11) is 0. The van der Waals surface area contributed by atoms with Crippen molar-refractivity contribution in [2.24, 2.45) is 0 Å². The molecule has 1 unspecified atom stereocenters. The molecule has 90 valence electrons. The summed E-state index contributed by atoms with van der Waals surface area (Å²) in [6, 6.07) is -0.302. The zero-order valence-electron chi connectivity index (χ0n) is 9.66. The van der Waals surface area contributed by atoms with E-state index in [1.54, 1.807) is 11.0 Å². The first-order valence-electron chi connectivity index (χ1n) is 5.58. The van der Waals surface area contributed by atoms with Crippen molar-refractivity contribution in [2.75, 3.05) is 26.2 Å². The van der Waals surface area contributed by atoms with Crippen molar-refractivity contribution in [3.8, 4) is 0 Å². The third kappa shape index (κ3) is 3.34. The van der Waals surface area contributed by atoms with E-state index in [4.69, 9.17) is 0 Å². The molecule has 0 aliphatic carbocycles. The van der Waals surface area contributed by atoms with Gasteiger partial charge in [0.15, 0.2) is 0 Å². The molecule has 0 aromatic carbocycles. The Balaban J connectivity index is 2.52. The maximum Gasteiger partial charge on any atom is 0.241 e. The van der Waals surface area contributed by atoms with Gasteiger partial charge in [0.1, 0.15) is 6.04 Å². The van der Waals surface area contributed by atoms with Crippen LogP contribution in [0, 0.1) is 0 Å². The van der Waals surface area contributed by atoms with Gasteiger partial charge in [0.25, 0.3) is 0 Å². The van der Waals surface area contributed by atoms with Gasteiger partial charge in [-0.1, -0.05) is 13.0 Å². The fourth-order valence-electron chi connectivity index (χ4n) is 1.68. The van der Waals surface area contributed by atoms with Crippen LogP contribution in [-0.2, 0) is 9.59 Å². The van der Waals surface area contributed by atoms with Crippen LogP contribution in [0.15, 0.2) is 12.7 Å². The van der Waals surface area contributed by atoms with E-state index >= 15 is 0 Å². The molecule has 0 bridgehead atoms. The van der Waals surface area contributed by atoms with Crippen molar-refractivity contribution in [3.63, 3.8) is 0 Å². The molecular formula is C11H19N3O2. The summed E-state index contributed by atoms with van der Waals surface area (Å²) in [5.41, 5.74) is 0. The molecule has 5 nitrogen and oxygen atoms in total. The molecule has 0 saturated carbocycles. The fraction of sp³-hybridized carbons (Fsp3) is 0.636. The van der Waals surface area contributed by atoms with Crippen LogP contribution in [0.1, 0.15) is 13.3 Å². The lowest BCUT2D eigenvalue weighted by atomic mass is 10.2. The van der Waals surface area contributed by atoms with Gasteiger partial charge < -0.3 is 10.2 Å². The molecule has 0 spiro atoms. The second kappa shape index (κ2) is 6.27. The normalized spacial score (nSPS) is 20.1. The Hall–Kier alpha value is -1.36. The fourth-order valence-corrected chi connectivity index (χ4v) is 1.68. The van der Waals surface area contributed by atoms with E-state index in [2.05, 4.69) is 17.2 Å². The number of nitrogens with zero attached hydrogens (tertiary/aromatic N) is 1. The topological polar surface area (TPSA) is 61.4 Å². The smallest absolute Gasteiger partial charge is 0.241 e. The summed E-state index contributed by atoms with van der Waals surface area (Å²) in [4.78, 5) is 24.7. The van der Waals surface area contributed by atoms with E-state index in [0.717, 1.165) is 13.0 Å². The van der Waals surface area contributed by atoms with Crippen molar-refractivity contribution < 1.29 is 9.59 Å². The van der Waals surface area contributed by atoms with E-state index in [1.807, 2.05) is 6.92 Å². The lowest BCUT2D eigenvalue weighted by Gasteiger charge is -2.29. The molecule has 1 aliphatic rings. The SMILES string of the molecule is C=CCN(CCC)C(=O)C1CNC(=O)CN1. The van der Waals surface area contributed by atoms with Gasteiger partial charge >= 0.3 is 0 Å². The molecular weight excluding hydrogens is 206 g/mol. The molecule has 1 rings (SSSR count). The van der Waals surface area contributed by atoms with Crippen molar-refractivity contribution in [1.29, 1.82) is 0 Å². The average Bonchev–Trinajstić information content (AvgIpc) is 2.29. The van der Waals surface area contributed by atoms with Crippen molar-refractivity contribution >= 4 is 11.8 Å². The lowest BCUT2D eigenvalue weighted by Crippen LogP contribution is -2.58. The second-order valence-electron chi connectivity index (χ2n) is 3.81. The first kappa shape index (κ1) is 12.7. The second-order valence-corrected chi connectivity index (χ2v) is 3.81. The monoisotopic (exact) mass is 225 g/mol. The highest BCUT2D eigenvalue weighted by molar-refractivity contribution is 5.86. The van der Waals surface area contributed by atoms with Crippen LogP contribution >= 0.6 is 0 Å². The predicted molar refractivity (Wildman–Crippen MR) is 61.9 cm³/mol. The zero-order chi connectivity index (χ0) is 12.0. The highest BCUT2D eigenvalue weighted by Gasteiger charge is 2.26. The Kier molecular flexibility index (Phi) is 4.98. The van der Waals surface area contributed by atoms with E-state index in [1.165, 1.54) is 0 Å². The molecule has 1 atom stereocenters. The van der Waals surface area contributed by atoms with Crippen LogP contribution in [0.2, 0.25) is 0 Å². The number of rotatable bonds is 5. The highest BCUT2D eigenvalue weighted by Crippen LogP contribution is 1.99. The van der Waals surface area contributed by atoms with Crippen molar-refractivity contribution in [3.05, 3.63) is 12.7 Å². The van der Waals surface area contributed by atoms with Gasteiger partial charge in [0.05, 0.1) is 6.54 Å². The quantitative estimate of drug-likeness (QED) is 0.620. The molecule has 16 heavy (non-hydrogen) atoms. The van der Waals surface area contributed by atoms with E-state index in [0.29, 0.717) is 13.1 Å². The number of amides is 2. The largest absolute Gasteiger partial charge is 0.353 e. The van der Waals surface area contributed by atoms with Crippen LogP contribution in [0.4, 0.5) is 0 Å². The van der Waals surface area contributed by atoms with Crippen LogP contribution in [0.3, 0.4) is 0 Å². The molecule has 1 aliphatic heterocycles. The third-order valence-electron chi connectivity index (χ3n) is 2.47. The Morgan fingerprint density at radius 2 is 2.44 bits per heavy atom. The molecule has 1 heterocycles. The Labute approximate surface area is 95.9 Å². The molecule has 0 aromatic rings. The summed E-state index contributed by atoms with van der Waals surface area (Å²) >= 11 is 0. The van der Waals surface area contributed by atoms with Gasteiger partial charge in [-0.3, -0.25) is 14.9 Å². The van der Waals surface area contributed by atoms with E-state index < -0.39 is 0 Å². The van der Waals surface area contributed by atoms with Crippen LogP contribution in [0.5, 0.6) is 0 Å². The third-order valence-corrected chi connectivity index (χ3v) is 2.47.